The number of rotatable bonds is 2. The monoisotopic (exact) mass is 220 g/mol. The first-order valence-corrected chi connectivity index (χ1v) is 6.07. The highest BCUT2D eigenvalue weighted by Gasteiger charge is 2.29. The van der Waals surface area contributed by atoms with Crippen LogP contribution in [0.5, 0.6) is 0 Å². The molecule has 2 nitrogen and oxygen atoms in total. The van der Waals surface area contributed by atoms with Gasteiger partial charge in [0.15, 0.2) is 0 Å². The first-order chi connectivity index (χ1) is 7.77. The van der Waals surface area contributed by atoms with Gasteiger partial charge in [-0.25, -0.2) is 0 Å². The van der Waals surface area contributed by atoms with Gasteiger partial charge in [-0.2, -0.15) is 0 Å². The van der Waals surface area contributed by atoms with Crippen LogP contribution in [-0.4, -0.2) is 25.9 Å². The summed E-state index contributed by atoms with van der Waals surface area (Å²) in [6, 6.07) is 0. The summed E-state index contributed by atoms with van der Waals surface area (Å²) in [6.07, 6.45) is 4.49. The van der Waals surface area contributed by atoms with Crippen LogP contribution in [0.4, 0.5) is 0 Å². The minimum absolute atomic E-state index is 0.243. The zero-order chi connectivity index (χ0) is 11.5. The van der Waals surface area contributed by atoms with Crippen molar-refractivity contribution < 1.29 is 9.47 Å². The lowest BCUT2D eigenvalue weighted by atomic mass is 9.95. The van der Waals surface area contributed by atoms with Crippen LogP contribution in [0.2, 0.25) is 0 Å². The molecule has 0 aromatic carbocycles. The van der Waals surface area contributed by atoms with Gasteiger partial charge in [0.05, 0.1) is 25.9 Å². The largest absolute Gasteiger partial charge is 0.372 e. The summed E-state index contributed by atoms with van der Waals surface area (Å²) in [5.74, 6) is 0. The van der Waals surface area contributed by atoms with Gasteiger partial charge in [0, 0.05) is 0 Å². The average molecular weight is 220 g/mol. The lowest BCUT2D eigenvalue weighted by molar-refractivity contribution is 0.0978. The maximum absolute atomic E-state index is 5.76. The van der Waals surface area contributed by atoms with Crippen LogP contribution >= 0.6 is 0 Å². The Balaban J connectivity index is 2.29. The second-order valence-electron chi connectivity index (χ2n) is 4.32. The van der Waals surface area contributed by atoms with Gasteiger partial charge in [-0.05, 0) is 35.1 Å². The van der Waals surface area contributed by atoms with Gasteiger partial charge in [0.1, 0.15) is 0 Å². The second kappa shape index (κ2) is 4.98. The van der Waals surface area contributed by atoms with Crippen molar-refractivity contribution in [2.24, 2.45) is 0 Å². The molecule has 1 atom stereocenters. The van der Waals surface area contributed by atoms with Gasteiger partial charge in [0.25, 0.3) is 0 Å². The van der Waals surface area contributed by atoms with Gasteiger partial charge in [0.2, 0.25) is 0 Å². The van der Waals surface area contributed by atoms with Crippen LogP contribution in [0.15, 0.2) is 34.9 Å². The summed E-state index contributed by atoms with van der Waals surface area (Å²) in [6.45, 7) is 10.6. The van der Waals surface area contributed by atoms with Crippen molar-refractivity contribution in [3.05, 3.63) is 34.9 Å². The molecule has 2 aliphatic heterocycles. The van der Waals surface area contributed by atoms with Crippen molar-refractivity contribution in [1.29, 1.82) is 0 Å². The second-order valence-corrected chi connectivity index (χ2v) is 4.32. The zero-order valence-corrected chi connectivity index (χ0v) is 10.2. The van der Waals surface area contributed by atoms with E-state index in [1.807, 2.05) is 0 Å². The quantitative estimate of drug-likeness (QED) is 0.712. The van der Waals surface area contributed by atoms with Crippen molar-refractivity contribution in [3.63, 3.8) is 0 Å². The van der Waals surface area contributed by atoms with Gasteiger partial charge in [-0.15, -0.1) is 0 Å². The third-order valence-corrected chi connectivity index (χ3v) is 3.29. The van der Waals surface area contributed by atoms with Crippen molar-refractivity contribution in [2.45, 2.75) is 32.8 Å². The molecule has 0 bridgehead atoms. The summed E-state index contributed by atoms with van der Waals surface area (Å²) in [5, 5.41) is 0. The highest BCUT2D eigenvalue weighted by atomic mass is 16.5. The summed E-state index contributed by atoms with van der Waals surface area (Å²) in [7, 11) is 0. The summed E-state index contributed by atoms with van der Waals surface area (Å²) < 4.78 is 11.5. The van der Waals surface area contributed by atoms with E-state index in [9.17, 15) is 0 Å². The van der Waals surface area contributed by atoms with Crippen LogP contribution < -0.4 is 0 Å². The van der Waals surface area contributed by atoms with E-state index in [4.69, 9.17) is 9.47 Å². The molecule has 2 rings (SSSR count). The molecule has 2 aliphatic rings. The van der Waals surface area contributed by atoms with Crippen LogP contribution in [0.3, 0.4) is 0 Å². The molecule has 2 heterocycles. The standard InChI is InChI=1S/C14H20O2/c1-4-6-11-7-15-8-13-12(10(11)3)9-16-14(13)5-2/h6,14H,3-5,7-9H2,1-2H3/b11-6-. The number of ether oxygens (including phenoxy) is 2. The van der Waals surface area contributed by atoms with Gasteiger partial charge in [-0.3, -0.25) is 0 Å². The molecule has 0 N–H and O–H groups in total. The molecule has 0 saturated carbocycles. The normalized spacial score (nSPS) is 28.5. The fourth-order valence-electron chi connectivity index (χ4n) is 2.38. The van der Waals surface area contributed by atoms with E-state index in [2.05, 4.69) is 26.5 Å². The van der Waals surface area contributed by atoms with E-state index in [-0.39, 0.29) is 6.10 Å². The summed E-state index contributed by atoms with van der Waals surface area (Å²) in [4.78, 5) is 0. The van der Waals surface area contributed by atoms with Crippen molar-refractivity contribution in [3.8, 4) is 0 Å². The Bertz CT molecular complexity index is 350. The minimum atomic E-state index is 0.243. The molecule has 1 unspecified atom stereocenters. The molecule has 0 amide bonds. The molecule has 0 aromatic heterocycles. The molecule has 16 heavy (non-hydrogen) atoms. The van der Waals surface area contributed by atoms with Gasteiger partial charge >= 0.3 is 0 Å². The Morgan fingerprint density at radius 1 is 1.31 bits per heavy atom. The zero-order valence-electron chi connectivity index (χ0n) is 10.2. The predicted molar refractivity (Wildman–Crippen MR) is 65.4 cm³/mol. The maximum atomic E-state index is 5.76. The molecule has 0 spiro atoms. The molecule has 0 radical (unpaired) electrons. The molecule has 2 heteroatoms. The number of hydrogen-bond acceptors (Lipinski definition) is 2. The number of allylic oxidation sites excluding steroid dienone is 1. The van der Waals surface area contributed by atoms with E-state index in [1.165, 1.54) is 16.7 Å². The predicted octanol–water partition coefficient (Wildman–Crippen LogP) is 3.01. The van der Waals surface area contributed by atoms with Crippen LogP contribution in [0.1, 0.15) is 26.7 Å². The third kappa shape index (κ3) is 2.00. The molecule has 0 aromatic rings. The SMILES string of the molecule is C=C1C2=C(COC/C1=C/CC)C(CC)OC2. The highest BCUT2D eigenvalue weighted by Crippen LogP contribution is 2.33. The Kier molecular flexibility index (Phi) is 3.62. The Labute approximate surface area is 97.6 Å². The van der Waals surface area contributed by atoms with Crippen LogP contribution in [0.25, 0.3) is 0 Å². The van der Waals surface area contributed by atoms with Crippen LogP contribution in [0, 0.1) is 0 Å². The molecule has 0 aliphatic carbocycles. The van der Waals surface area contributed by atoms with Crippen LogP contribution in [-0.2, 0) is 9.47 Å². The first-order valence-electron chi connectivity index (χ1n) is 6.07. The van der Waals surface area contributed by atoms with E-state index >= 15 is 0 Å². The molecule has 0 saturated heterocycles. The molecular weight excluding hydrogens is 200 g/mol. The fourth-order valence-corrected chi connectivity index (χ4v) is 2.38. The van der Waals surface area contributed by atoms with Gasteiger partial charge < -0.3 is 9.47 Å². The average Bonchev–Trinajstić information content (AvgIpc) is 2.63. The first kappa shape index (κ1) is 11.6. The summed E-state index contributed by atoms with van der Waals surface area (Å²) in [5.41, 5.74) is 4.95. The molecular formula is C14H20O2. The lowest BCUT2D eigenvalue weighted by Gasteiger charge is -2.11. The van der Waals surface area contributed by atoms with E-state index in [0.29, 0.717) is 19.8 Å². The van der Waals surface area contributed by atoms with Gasteiger partial charge in [-0.1, -0.05) is 26.5 Å². The van der Waals surface area contributed by atoms with Crippen molar-refractivity contribution in [2.75, 3.05) is 19.8 Å². The fraction of sp³-hybridized carbons (Fsp3) is 0.571. The maximum Gasteiger partial charge on any atom is 0.0815 e. The number of hydrogen-bond donors (Lipinski definition) is 0. The highest BCUT2D eigenvalue weighted by molar-refractivity contribution is 5.51. The van der Waals surface area contributed by atoms with E-state index in [0.717, 1.165) is 18.4 Å². The third-order valence-electron chi connectivity index (χ3n) is 3.29. The Morgan fingerprint density at radius 3 is 2.81 bits per heavy atom. The van der Waals surface area contributed by atoms with Crippen molar-refractivity contribution in [1.82, 2.24) is 0 Å². The Morgan fingerprint density at radius 2 is 2.12 bits per heavy atom. The Hall–Kier alpha value is -0.860. The van der Waals surface area contributed by atoms with E-state index < -0.39 is 0 Å². The topological polar surface area (TPSA) is 18.5 Å². The summed E-state index contributed by atoms with van der Waals surface area (Å²) >= 11 is 0. The minimum Gasteiger partial charge on any atom is -0.372 e. The van der Waals surface area contributed by atoms with Crippen molar-refractivity contribution >= 4 is 0 Å². The smallest absolute Gasteiger partial charge is 0.0815 e. The molecule has 88 valence electrons. The molecule has 0 fully saturated rings. The van der Waals surface area contributed by atoms with E-state index in [1.54, 1.807) is 0 Å². The lowest BCUT2D eigenvalue weighted by Crippen LogP contribution is -2.12.